The Morgan fingerprint density at radius 3 is 2.45 bits per heavy atom. The van der Waals surface area contributed by atoms with Crippen LogP contribution in [0, 0.1) is 20.8 Å². The van der Waals surface area contributed by atoms with Crippen molar-refractivity contribution >= 4 is 17.9 Å². The van der Waals surface area contributed by atoms with Crippen molar-refractivity contribution in [3.05, 3.63) is 88.2 Å². The molecule has 0 bridgehead atoms. The fourth-order valence-electron chi connectivity index (χ4n) is 5.58. The maximum Gasteiger partial charge on any atom is 0.323 e. The molecule has 42 heavy (non-hydrogen) atoms. The van der Waals surface area contributed by atoms with Crippen LogP contribution < -0.4 is 4.90 Å². The molecule has 10 nitrogen and oxygen atoms in total. The van der Waals surface area contributed by atoms with Gasteiger partial charge in [0.15, 0.2) is 11.9 Å². The van der Waals surface area contributed by atoms with Crippen molar-refractivity contribution in [2.75, 3.05) is 39.1 Å². The van der Waals surface area contributed by atoms with Crippen molar-refractivity contribution in [1.82, 2.24) is 29.9 Å². The van der Waals surface area contributed by atoms with Gasteiger partial charge in [-0.1, -0.05) is 29.4 Å². The quantitative estimate of drug-likeness (QED) is 0.295. The molecule has 0 atom stereocenters. The Balaban J connectivity index is 1.16. The number of likely N-dealkylation sites (N-methyl/N-ethyl adjacent to an activating group) is 1. The van der Waals surface area contributed by atoms with Gasteiger partial charge in [0.25, 0.3) is 5.89 Å². The van der Waals surface area contributed by atoms with E-state index < -0.39 is 0 Å². The van der Waals surface area contributed by atoms with Gasteiger partial charge in [0.1, 0.15) is 12.2 Å². The molecule has 0 amide bonds. The van der Waals surface area contributed by atoms with Gasteiger partial charge in [-0.05, 0) is 68.7 Å². The van der Waals surface area contributed by atoms with Gasteiger partial charge in [-0.15, -0.1) is 5.10 Å². The first-order valence-corrected chi connectivity index (χ1v) is 14.0. The minimum Gasteiger partial charge on any atom is -0.402 e. The van der Waals surface area contributed by atoms with E-state index in [1.165, 1.54) is 11.1 Å². The fraction of sp³-hybridized carbons (Fsp3) is 0.312. The summed E-state index contributed by atoms with van der Waals surface area (Å²) in [5, 5.41) is 13.2. The fourth-order valence-corrected chi connectivity index (χ4v) is 5.58. The van der Waals surface area contributed by atoms with Crippen LogP contribution in [0.1, 0.15) is 28.1 Å². The maximum atomic E-state index is 6.10. The molecule has 4 aromatic rings. The third kappa shape index (κ3) is 5.21. The van der Waals surface area contributed by atoms with Crippen molar-refractivity contribution in [1.29, 1.82) is 0 Å². The van der Waals surface area contributed by atoms with Gasteiger partial charge in [0.05, 0.1) is 5.69 Å². The van der Waals surface area contributed by atoms with Crippen LogP contribution in [0.5, 0.6) is 0 Å². The summed E-state index contributed by atoms with van der Waals surface area (Å²) < 4.78 is 10.3. The number of hydrogen-bond acceptors (Lipinski definition) is 8. The Morgan fingerprint density at radius 1 is 0.976 bits per heavy atom. The molecule has 0 saturated heterocycles. The van der Waals surface area contributed by atoms with Gasteiger partial charge < -0.3 is 14.2 Å². The summed E-state index contributed by atoms with van der Waals surface area (Å²) in [5.41, 5.74) is 10.6. The zero-order valence-corrected chi connectivity index (χ0v) is 25.3. The van der Waals surface area contributed by atoms with Crippen LogP contribution in [0.2, 0.25) is 0 Å². The van der Waals surface area contributed by atoms with Gasteiger partial charge in [0.2, 0.25) is 0 Å². The van der Waals surface area contributed by atoms with Crippen LogP contribution in [0.25, 0.3) is 22.7 Å². The van der Waals surface area contributed by atoms with Gasteiger partial charge in [-0.25, -0.2) is 4.58 Å². The number of aryl methyl sites for hydroxylation is 3. The third-order valence-electron chi connectivity index (χ3n) is 7.72. The highest BCUT2D eigenvalue weighted by molar-refractivity contribution is 6.37. The maximum absolute atomic E-state index is 6.10. The molecule has 214 valence electrons. The van der Waals surface area contributed by atoms with Gasteiger partial charge in [-0.3, -0.25) is 9.67 Å². The van der Waals surface area contributed by atoms with E-state index in [1.54, 1.807) is 0 Å². The molecule has 5 heterocycles. The summed E-state index contributed by atoms with van der Waals surface area (Å²) in [6.07, 6.45) is 8.00. The summed E-state index contributed by atoms with van der Waals surface area (Å²) in [6, 6.07) is 11.3. The minimum absolute atomic E-state index is 0.404. The predicted molar refractivity (Wildman–Crippen MR) is 165 cm³/mol. The second kappa shape index (κ2) is 10.9. The molecular weight excluding hydrogens is 526 g/mol. The van der Waals surface area contributed by atoms with Crippen molar-refractivity contribution in [2.45, 2.75) is 27.3 Å². The Bertz CT molecular complexity index is 1780. The first kappa shape index (κ1) is 27.5. The van der Waals surface area contributed by atoms with E-state index in [1.807, 2.05) is 49.9 Å². The van der Waals surface area contributed by atoms with Crippen LogP contribution in [0.15, 0.2) is 69.5 Å². The first-order valence-electron chi connectivity index (χ1n) is 14.0. The van der Waals surface area contributed by atoms with Crippen LogP contribution in [-0.2, 0) is 13.6 Å². The number of aromatic nitrogens is 5. The summed E-state index contributed by atoms with van der Waals surface area (Å²) in [5.74, 6) is 1.36. The topological polar surface area (TPSA) is 91.5 Å². The summed E-state index contributed by atoms with van der Waals surface area (Å²) >= 11 is 0. The Kier molecular flexibility index (Phi) is 7.16. The molecule has 0 unspecified atom stereocenters. The molecule has 0 aliphatic carbocycles. The van der Waals surface area contributed by atoms with E-state index in [4.69, 9.17) is 9.40 Å². The monoisotopic (exact) mass is 562 g/mol. The number of nitrogens with zero attached hydrogens (tertiary/aromatic N) is 9. The van der Waals surface area contributed by atoms with Crippen molar-refractivity contribution < 1.29 is 8.99 Å². The molecular formula is C32H36N9O+. The molecule has 0 saturated carbocycles. The number of anilines is 1. The van der Waals surface area contributed by atoms with Crippen LogP contribution in [-0.4, -0.2) is 80.6 Å². The van der Waals surface area contributed by atoms with Crippen molar-refractivity contribution in [3.63, 3.8) is 0 Å². The lowest BCUT2D eigenvalue weighted by atomic mass is 10.0. The summed E-state index contributed by atoms with van der Waals surface area (Å²) in [4.78, 5) is 13.5. The molecule has 0 spiro atoms. The third-order valence-corrected chi connectivity index (χ3v) is 7.72. The molecule has 10 heteroatoms. The second-order valence-corrected chi connectivity index (χ2v) is 11.3. The summed E-state index contributed by atoms with van der Waals surface area (Å²) in [6.45, 7) is 8.39. The number of rotatable bonds is 8. The van der Waals surface area contributed by atoms with Crippen LogP contribution in [0.4, 0.5) is 6.01 Å². The lowest BCUT2D eigenvalue weighted by Gasteiger charge is -2.18. The highest BCUT2D eigenvalue weighted by Crippen LogP contribution is 2.30. The minimum atomic E-state index is 0.404. The molecule has 2 aliphatic heterocycles. The summed E-state index contributed by atoms with van der Waals surface area (Å²) in [7, 11) is 8.08. The van der Waals surface area contributed by atoms with Crippen molar-refractivity contribution in [3.8, 4) is 22.7 Å². The van der Waals surface area contributed by atoms with E-state index in [0.29, 0.717) is 24.1 Å². The first-order chi connectivity index (χ1) is 20.2. The molecule has 0 fully saturated rings. The van der Waals surface area contributed by atoms with Crippen molar-refractivity contribution in [2.24, 2.45) is 12.0 Å². The Morgan fingerprint density at radius 2 is 1.76 bits per heavy atom. The molecule has 0 radical (unpaired) electrons. The number of hydrogen-bond donors (Lipinski definition) is 0. The van der Waals surface area contributed by atoms with Crippen LogP contribution in [0.3, 0.4) is 0 Å². The average Bonchev–Trinajstić information content (AvgIpc) is 3.66. The number of fused-ring (bicyclic) bond motifs is 1. The van der Waals surface area contributed by atoms with E-state index in [-0.39, 0.29) is 0 Å². The van der Waals surface area contributed by atoms with Crippen LogP contribution >= 0.6 is 0 Å². The molecule has 6 rings (SSSR count). The average molecular weight is 563 g/mol. The zero-order valence-electron chi connectivity index (χ0n) is 25.3. The number of benzene rings is 1. The van der Waals surface area contributed by atoms with E-state index in [9.17, 15) is 0 Å². The zero-order chi connectivity index (χ0) is 29.5. The second-order valence-electron chi connectivity index (χ2n) is 11.3. The lowest BCUT2D eigenvalue weighted by molar-refractivity contribution is -0.465. The lowest BCUT2D eigenvalue weighted by Crippen LogP contribution is -2.28. The molecule has 1 aromatic carbocycles. The van der Waals surface area contributed by atoms with E-state index in [0.717, 1.165) is 58.3 Å². The predicted octanol–water partition coefficient (Wildman–Crippen LogP) is 4.32. The smallest absolute Gasteiger partial charge is 0.323 e. The van der Waals surface area contributed by atoms with Gasteiger partial charge in [0, 0.05) is 61.8 Å². The van der Waals surface area contributed by atoms with Gasteiger partial charge >= 0.3 is 11.8 Å². The normalized spacial score (nSPS) is 14.5. The largest absolute Gasteiger partial charge is 0.402 e. The SMILES string of the molecule is Cc1cc(-c2c(C)nn(C)c2C)cnc1-c1nnc(N(C)CC2=CC=C3N=CC(c4ccc(CN(C)C)cc4)=[N+]3C2)o1. The standard InChI is InChI=1S/C32H36N9O/c1-20-14-26(29-21(2)37-40(7)22(29)3)15-34-30(20)31-35-36-32(42-31)39(6)18-24-10-13-28-33-16-27(41(28)19-24)25-11-8-23(9-12-25)17-38(4)5/h8-16H,17-19H2,1-7H3/q+1. The Labute approximate surface area is 246 Å². The Hall–Kier alpha value is -4.70. The van der Waals surface area contributed by atoms with Gasteiger partial charge in [-0.2, -0.15) is 5.10 Å². The number of pyridine rings is 1. The van der Waals surface area contributed by atoms with E-state index >= 15 is 0 Å². The van der Waals surface area contributed by atoms with E-state index in [2.05, 4.69) is 93.3 Å². The highest BCUT2D eigenvalue weighted by Gasteiger charge is 2.29. The highest BCUT2D eigenvalue weighted by atomic mass is 16.4. The number of allylic oxidation sites excluding steroid dienone is 2. The molecule has 2 aliphatic rings. The molecule has 0 N–H and O–H groups in total. The molecule has 3 aromatic heterocycles. The number of aliphatic imine (C=N–C) groups is 1.